The van der Waals surface area contributed by atoms with E-state index in [1.165, 1.54) is 7.11 Å². The van der Waals surface area contributed by atoms with Crippen LogP contribution in [0.4, 0.5) is 0 Å². The molecule has 0 fully saturated rings. The number of benzene rings is 1. The third kappa shape index (κ3) is 4.05. The van der Waals surface area contributed by atoms with Crippen LogP contribution in [-0.4, -0.2) is 13.1 Å². The van der Waals surface area contributed by atoms with Crippen molar-refractivity contribution in [1.29, 1.82) is 0 Å². The van der Waals surface area contributed by atoms with E-state index in [0.29, 0.717) is 5.02 Å². The first kappa shape index (κ1) is 11.6. The van der Waals surface area contributed by atoms with E-state index in [0.717, 1.165) is 11.1 Å². The van der Waals surface area contributed by atoms with Crippen LogP contribution in [0.5, 0.6) is 0 Å². The Morgan fingerprint density at radius 2 is 2.20 bits per heavy atom. The Morgan fingerprint density at radius 3 is 2.80 bits per heavy atom. The smallest absolute Gasteiger partial charge is 0.317 e. The Balaban J connectivity index is 2.75. The van der Waals surface area contributed by atoms with Gasteiger partial charge in [0.2, 0.25) is 0 Å². The number of hydrogen-bond donors (Lipinski definition) is 0. The first-order chi connectivity index (χ1) is 7.11. The molecule has 0 saturated carbocycles. The highest BCUT2D eigenvalue weighted by Gasteiger charge is 1.95. The Labute approximate surface area is 94.2 Å². The summed E-state index contributed by atoms with van der Waals surface area (Å²) in [5, 5.41) is 0.650. The van der Waals surface area contributed by atoms with Crippen molar-refractivity contribution in [3.05, 3.63) is 34.3 Å². The van der Waals surface area contributed by atoms with E-state index >= 15 is 0 Å². The fraction of sp³-hybridized carbons (Fsp3) is 0.250. The van der Waals surface area contributed by atoms with Crippen LogP contribution >= 0.6 is 11.6 Å². The molecule has 0 amide bonds. The van der Waals surface area contributed by atoms with E-state index in [9.17, 15) is 4.79 Å². The van der Waals surface area contributed by atoms with Crippen LogP contribution < -0.4 is 0 Å². The normalized spacial score (nSPS) is 9.00. The summed E-state index contributed by atoms with van der Waals surface area (Å²) in [6, 6.07) is 5.53. The van der Waals surface area contributed by atoms with Crippen molar-refractivity contribution in [2.75, 3.05) is 7.11 Å². The maximum atomic E-state index is 10.8. The number of aryl methyl sites for hydroxylation is 1. The number of carbonyl (C=O) groups is 1. The number of hydrogen-bond acceptors (Lipinski definition) is 2. The van der Waals surface area contributed by atoms with Crippen molar-refractivity contribution < 1.29 is 9.53 Å². The molecule has 0 spiro atoms. The lowest BCUT2D eigenvalue weighted by Gasteiger charge is -1.96. The molecule has 0 aliphatic heterocycles. The van der Waals surface area contributed by atoms with Gasteiger partial charge < -0.3 is 4.74 Å². The van der Waals surface area contributed by atoms with Crippen LogP contribution in [-0.2, 0) is 9.53 Å². The zero-order chi connectivity index (χ0) is 11.3. The van der Waals surface area contributed by atoms with Crippen LogP contribution in [0.15, 0.2) is 18.2 Å². The van der Waals surface area contributed by atoms with E-state index in [1.807, 2.05) is 19.1 Å². The Kier molecular flexibility index (Phi) is 4.20. The second kappa shape index (κ2) is 5.43. The van der Waals surface area contributed by atoms with E-state index in [2.05, 4.69) is 16.6 Å². The molecule has 0 unspecified atom stereocenters. The van der Waals surface area contributed by atoms with E-state index in [-0.39, 0.29) is 12.4 Å². The minimum Gasteiger partial charge on any atom is -0.468 e. The predicted molar refractivity (Wildman–Crippen MR) is 59.7 cm³/mol. The van der Waals surface area contributed by atoms with Gasteiger partial charge in [-0.25, -0.2) is 0 Å². The number of methoxy groups -OCH3 is 1. The summed E-state index contributed by atoms with van der Waals surface area (Å²) in [5.41, 5.74) is 1.86. The molecule has 15 heavy (non-hydrogen) atoms. The summed E-state index contributed by atoms with van der Waals surface area (Å²) in [7, 11) is 1.34. The number of rotatable bonds is 1. The molecular weight excluding hydrogens is 212 g/mol. The molecule has 0 N–H and O–H groups in total. The summed E-state index contributed by atoms with van der Waals surface area (Å²) >= 11 is 5.86. The lowest BCUT2D eigenvalue weighted by atomic mass is 10.1. The minimum absolute atomic E-state index is 0.0993. The molecule has 1 rings (SSSR count). The summed E-state index contributed by atoms with van der Waals surface area (Å²) in [4.78, 5) is 10.8. The Hall–Kier alpha value is -1.46. The molecule has 0 heterocycles. The number of esters is 1. The van der Waals surface area contributed by atoms with Crippen molar-refractivity contribution >= 4 is 17.6 Å². The van der Waals surface area contributed by atoms with Gasteiger partial charge in [0, 0.05) is 10.6 Å². The van der Waals surface area contributed by atoms with Gasteiger partial charge in [0.1, 0.15) is 6.42 Å². The van der Waals surface area contributed by atoms with Crippen LogP contribution in [0.3, 0.4) is 0 Å². The molecule has 2 nitrogen and oxygen atoms in total. The van der Waals surface area contributed by atoms with Gasteiger partial charge >= 0.3 is 5.97 Å². The molecule has 1 aromatic rings. The maximum absolute atomic E-state index is 10.8. The molecule has 0 radical (unpaired) electrons. The van der Waals surface area contributed by atoms with E-state index < -0.39 is 0 Å². The third-order valence-corrected chi connectivity index (χ3v) is 1.95. The van der Waals surface area contributed by atoms with Crippen molar-refractivity contribution in [2.45, 2.75) is 13.3 Å². The molecular formula is C12H11ClO2. The lowest BCUT2D eigenvalue weighted by Crippen LogP contribution is -1.97. The number of carbonyl (C=O) groups excluding carboxylic acids is 1. The maximum Gasteiger partial charge on any atom is 0.317 e. The van der Waals surface area contributed by atoms with Crippen molar-refractivity contribution in [2.24, 2.45) is 0 Å². The molecule has 3 heteroatoms. The van der Waals surface area contributed by atoms with Crippen molar-refractivity contribution in [1.82, 2.24) is 0 Å². The van der Waals surface area contributed by atoms with Gasteiger partial charge in [0.05, 0.1) is 7.11 Å². The zero-order valence-corrected chi connectivity index (χ0v) is 9.39. The Morgan fingerprint density at radius 1 is 1.47 bits per heavy atom. The van der Waals surface area contributed by atoms with E-state index in [4.69, 9.17) is 11.6 Å². The second-order valence-electron chi connectivity index (χ2n) is 3.07. The van der Waals surface area contributed by atoms with Gasteiger partial charge in [-0.1, -0.05) is 23.4 Å². The largest absolute Gasteiger partial charge is 0.468 e. The minimum atomic E-state index is -0.332. The lowest BCUT2D eigenvalue weighted by molar-refractivity contribution is -0.139. The first-order valence-electron chi connectivity index (χ1n) is 4.44. The van der Waals surface area contributed by atoms with Gasteiger partial charge in [-0.15, -0.1) is 0 Å². The fourth-order valence-corrected chi connectivity index (χ4v) is 1.39. The van der Waals surface area contributed by atoms with Gasteiger partial charge in [-0.2, -0.15) is 0 Å². The summed E-state index contributed by atoms with van der Waals surface area (Å²) in [5.74, 6) is 5.25. The van der Waals surface area contributed by atoms with Crippen molar-refractivity contribution in [3.63, 3.8) is 0 Å². The van der Waals surface area contributed by atoms with Crippen LogP contribution in [0.1, 0.15) is 17.5 Å². The average Bonchev–Trinajstić information content (AvgIpc) is 2.16. The predicted octanol–water partition coefficient (Wildman–Crippen LogP) is 2.56. The summed E-state index contributed by atoms with van der Waals surface area (Å²) < 4.78 is 4.47. The topological polar surface area (TPSA) is 26.3 Å². The molecule has 0 aliphatic carbocycles. The molecule has 0 aliphatic rings. The average molecular weight is 223 g/mol. The van der Waals surface area contributed by atoms with Crippen LogP contribution in [0.2, 0.25) is 5.02 Å². The summed E-state index contributed by atoms with van der Waals surface area (Å²) in [6.07, 6.45) is 0.0993. The highest BCUT2D eigenvalue weighted by Crippen LogP contribution is 2.13. The molecule has 78 valence electrons. The van der Waals surface area contributed by atoms with Gasteiger partial charge in [-0.3, -0.25) is 4.79 Å². The molecule has 0 saturated heterocycles. The molecule has 1 aromatic carbocycles. The second-order valence-corrected chi connectivity index (χ2v) is 3.51. The standard InChI is InChI=1S/C12H11ClO2/c1-9-6-10(8-11(13)7-9)4-3-5-12(14)15-2/h6-8H,5H2,1-2H3. The SMILES string of the molecule is COC(=O)CC#Cc1cc(C)cc(Cl)c1. The fourth-order valence-electron chi connectivity index (χ4n) is 1.10. The highest BCUT2D eigenvalue weighted by atomic mass is 35.5. The zero-order valence-electron chi connectivity index (χ0n) is 8.63. The van der Waals surface area contributed by atoms with Crippen LogP contribution in [0, 0.1) is 18.8 Å². The summed E-state index contributed by atoms with van der Waals surface area (Å²) in [6.45, 7) is 1.94. The number of halogens is 1. The molecule has 0 aromatic heterocycles. The first-order valence-corrected chi connectivity index (χ1v) is 4.82. The third-order valence-electron chi connectivity index (χ3n) is 1.74. The van der Waals surface area contributed by atoms with Crippen molar-refractivity contribution in [3.8, 4) is 11.8 Å². The molecule has 0 atom stereocenters. The van der Waals surface area contributed by atoms with Gasteiger partial charge in [-0.05, 0) is 30.7 Å². The van der Waals surface area contributed by atoms with Crippen LogP contribution in [0.25, 0.3) is 0 Å². The highest BCUT2D eigenvalue weighted by molar-refractivity contribution is 6.30. The number of ether oxygens (including phenoxy) is 1. The molecule has 0 bridgehead atoms. The van der Waals surface area contributed by atoms with Gasteiger partial charge in [0.15, 0.2) is 0 Å². The quantitative estimate of drug-likeness (QED) is 0.539. The monoisotopic (exact) mass is 222 g/mol. The van der Waals surface area contributed by atoms with Gasteiger partial charge in [0.25, 0.3) is 0 Å². The Bertz CT molecular complexity index is 407. The van der Waals surface area contributed by atoms with E-state index in [1.54, 1.807) is 6.07 Å².